The summed E-state index contributed by atoms with van der Waals surface area (Å²) in [5.74, 6) is -0.0586. The van der Waals surface area contributed by atoms with Gasteiger partial charge in [0.15, 0.2) is 0 Å². The highest BCUT2D eigenvalue weighted by atomic mass is 32.2. The molecular formula is C13H10N2OS. The second kappa shape index (κ2) is 4.22. The topological polar surface area (TPSA) is 41.5 Å². The van der Waals surface area contributed by atoms with Crippen LogP contribution in [0.3, 0.4) is 0 Å². The van der Waals surface area contributed by atoms with Crippen LogP contribution in [0.4, 0.5) is 5.69 Å². The molecule has 1 N–H and O–H groups in total. The van der Waals surface area contributed by atoms with E-state index in [0.29, 0.717) is 11.4 Å². The third-order valence-corrected chi connectivity index (χ3v) is 3.62. The number of thioether (sulfide) groups is 1. The number of nitrogens with zero attached hydrogens (tertiary/aromatic N) is 1. The molecule has 0 atom stereocenters. The second-order valence-electron chi connectivity index (χ2n) is 3.73. The molecule has 0 fully saturated rings. The lowest BCUT2D eigenvalue weighted by atomic mass is 10.3. The van der Waals surface area contributed by atoms with Crippen LogP contribution in [0.25, 0.3) is 0 Å². The van der Waals surface area contributed by atoms with Crippen molar-refractivity contribution in [2.24, 2.45) is 4.99 Å². The first kappa shape index (κ1) is 10.4. The summed E-state index contributed by atoms with van der Waals surface area (Å²) in [5.41, 5.74) is 1.74. The number of anilines is 1. The first-order valence-electron chi connectivity index (χ1n) is 5.34. The Labute approximate surface area is 103 Å². The summed E-state index contributed by atoms with van der Waals surface area (Å²) >= 11 is 1.49. The number of rotatable bonds is 1. The zero-order valence-corrected chi connectivity index (χ0v) is 9.83. The van der Waals surface area contributed by atoms with E-state index in [1.165, 1.54) is 11.8 Å². The van der Waals surface area contributed by atoms with E-state index in [1.54, 1.807) is 0 Å². The molecule has 3 nitrogen and oxygen atoms in total. The van der Waals surface area contributed by atoms with Gasteiger partial charge in [0.05, 0.1) is 22.8 Å². The zero-order chi connectivity index (χ0) is 11.7. The fourth-order valence-electron chi connectivity index (χ4n) is 1.71. The Kier molecular flexibility index (Phi) is 2.57. The normalized spacial score (nSPS) is 20.1. The van der Waals surface area contributed by atoms with Gasteiger partial charge in [0, 0.05) is 4.90 Å². The molecule has 0 saturated heterocycles. The summed E-state index contributed by atoms with van der Waals surface area (Å²) in [6.45, 7) is 0.710. The summed E-state index contributed by atoms with van der Waals surface area (Å²) in [6, 6.07) is 7.79. The summed E-state index contributed by atoms with van der Waals surface area (Å²) in [5, 5.41) is 2.88. The average Bonchev–Trinajstić information content (AvgIpc) is 2.83. The molecule has 0 unspecified atom stereocenters. The molecule has 2 aliphatic heterocycles. The van der Waals surface area contributed by atoms with Gasteiger partial charge in [-0.05, 0) is 24.3 Å². The summed E-state index contributed by atoms with van der Waals surface area (Å²) in [7, 11) is 0. The van der Waals surface area contributed by atoms with E-state index in [-0.39, 0.29) is 5.91 Å². The van der Waals surface area contributed by atoms with E-state index in [1.807, 2.05) is 42.5 Å². The molecule has 17 heavy (non-hydrogen) atoms. The van der Waals surface area contributed by atoms with Crippen LogP contribution in [0.2, 0.25) is 0 Å². The smallest absolute Gasteiger partial charge is 0.262 e. The number of carbonyl (C=O) groups excluding carboxylic acids is 1. The lowest BCUT2D eigenvalue weighted by molar-refractivity contribution is -0.112. The van der Waals surface area contributed by atoms with Crippen LogP contribution in [0.5, 0.6) is 0 Å². The van der Waals surface area contributed by atoms with Crippen LogP contribution in [0.15, 0.2) is 57.3 Å². The number of benzene rings is 1. The minimum Gasteiger partial charge on any atom is -0.320 e. The Bertz CT molecular complexity index is 573. The Morgan fingerprint density at radius 1 is 1.35 bits per heavy atom. The summed E-state index contributed by atoms with van der Waals surface area (Å²) in [6.07, 6.45) is 5.74. The maximum absolute atomic E-state index is 11.9. The molecule has 1 aromatic rings. The molecule has 2 heterocycles. The minimum absolute atomic E-state index is 0.0586. The number of carbonyl (C=O) groups is 1. The van der Waals surface area contributed by atoms with Crippen LogP contribution in [-0.2, 0) is 4.79 Å². The van der Waals surface area contributed by atoms with Gasteiger partial charge in [0.2, 0.25) is 0 Å². The predicted molar refractivity (Wildman–Crippen MR) is 70.5 cm³/mol. The van der Waals surface area contributed by atoms with E-state index in [9.17, 15) is 4.79 Å². The molecule has 0 spiro atoms. The van der Waals surface area contributed by atoms with Crippen molar-refractivity contribution in [1.29, 1.82) is 0 Å². The average molecular weight is 242 g/mol. The molecule has 3 rings (SSSR count). The number of fused-ring (bicyclic) bond motifs is 1. The second-order valence-corrected chi connectivity index (χ2v) is 4.81. The standard InChI is InChI=1S/C13H10N2OS/c16-13-12(8-9-4-3-7-14-9)17-11-6-2-1-5-10(11)15-13/h1-6,8H,7H2,(H,15,16)/b12-8+. The van der Waals surface area contributed by atoms with Gasteiger partial charge in [-0.1, -0.05) is 30.0 Å². The van der Waals surface area contributed by atoms with Gasteiger partial charge in [0.1, 0.15) is 0 Å². The summed E-state index contributed by atoms with van der Waals surface area (Å²) < 4.78 is 0. The van der Waals surface area contributed by atoms with Gasteiger partial charge in [-0.25, -0.2) is 0 Å². The van der Waals surface area contributed by atoms with Crippen molar-refractivity contribution >= 4 is 29.1 Å². The Hall–Kier alpha value is -1.81. The summed E-state index contributed by atoms with van der Waals surface area (Å²) in [4.78, 5) is 17.9. The van der Waals surface area contributed by atoms with Crippen LogP contribution in [0, 0.1) is 0 Å². The zero-order valence-electron chi connectivity index (χ0n) is 9.01. The van der Waals surface area contributed by atoms with Crippen LogP contribution >= 0.6 is 11.8 Å². The van der Waals surface area contributed by atoms with E-state index in [2.05, 4.69) is 10.3 Å². The van der Waals surface area contributed by atoms with E-state index < -0.39 is 0 Å². The van der Waals surface area contributed by atoms with Crippen molar-refractivity contribution in [3.8, 4) is 0 Å². The molecule has 84 valence electrons. The first-order valence-corrected chi connectivity index (χ1v) is 6.15. The lowest BCUT2D eigenvalue weighted by Crippen LogP contribution is -2.17. The van der Waals surface area contributed by atoms with Gasteiger partial charge in [-0.15, -0.1) is 0 Å². The maximum atomic E-state index is 11.9. The van der Waals surface area contributed by atoms with Crippen LogP contribution < -0.4 is 5.32 Å². The van der Waals surface area contributed by atoms with Gasteiger partial charge in [-0.2, -0.15) is 0 Å². The van der Waals surface area contributed by atoms with E-state index >= 15 is 0 Å². The van der Waals surface area contributed by atoms with Crippen LogP contribution in [-0.4, -0.2) is 18.2 Å². The Morgan fingerprint density at radius 2 is 2.24 bits per heavy atom. The van der Waals surface area contributed by atoms with Gasteiger partial charge in [0.25, 0.3) is 5.91 Å². The number of hydrogen-bond donors (Lipinski definition) is 1. The highest BCUT2D eigenvalue weighted by Crippen LogP contribution is 2.37. The first-order chi connectivity index (χ1) is 8.33. The van der Waals surface area contributed by atoms with Crippen molar-refractivity contribution in [3.05, 3.63) is 47.4 Å². The third-order valence-electron chi connectivity index (χ3n) is 2.53. The highest BCUT2D eigenvalue weighted by Gasteiger charge is 2.20. The number of hydrogen-bond acceptors (Lipinski definition) is 3. The molecule has 0 bridgehead atoms. The molecule has 0 aliphatic carbocycles. The van der Waals surface area contributed by atoms with Crippen molar-refractivity contribution in [1.82, 2.24) is 0 Å². The fourth-order valence-corrected chi connectivity index (χ4v) is 2.65. The molecule has 4 heteroatoms. The monoisotopic (exact) mass is 242 g/mol. The number of allylic oxidation sites excluding steroid dienone is 2. The van der Waals surface area contributed by atoms with Crippen molar-refractivity contribution in [2.45, 2.75) is 4.90 Å². The predicted octanol–water partition coefficient (Wildman–Crippen LogP) is 2.63. The fraction of sp³-hybridized carbons (Fsp3) is 0.0769. The molecular weight excluding hydrogens is 232 g/mol. The number of nitrogens with one attached hydrogen (secondary N) is 1. The molecule has 2 aliphatic rings. The van der Waals surface area contributed by atoms with E-state index in [0.717, 1.165) is 16.3 Å². The van der Waals surface area contributed by atoms with Gasteiger partial charge in [-0.3, -0.25) is 9.79 Å². The maximum Gasteiger partial charge on any atom is 0.262 e. The van der Waals surface area contributed by atoms with Crippen molar-refractivity contribution in [3.63, 3.8) is 0 Å². The van der Waals surface area contributed by atoms with Crippen molar-refractivity contribution in [2.75, 3.05) is 11.9 Å². The lowest BCUT2D eigenvalue weighted by Gasteiger charge is -2.17. The largest absolute Gasteiger partial charge is 0.320 e. The molecule has 0 radical (unpaired) electrons. The highest BCUT2D eigenvalue weighted by molar-refractivity contribution is 8.04. The van der Waals surface area contributed by atoms with E-state index in [4.69, 9.17) is 0 Å². The van der Waals surface area contributed by atoms with Crippen LogP contribution in [0.1, 0.15) is 0 Å². The number of para-hydroxylation sites is 1. The van der Waals surface area contributed by atoms with Crippen molar-refractivity contribution < 1.29 is 4.79 Å². The molecule has 0 saturated carbocycles. The molecule has 1 amide bonds. The van der Waals surface area contributed by atoms with Gasteiger partial charge >= 0.3 is 0 Å². The number of amides is 1. The van der Waals surface area contributed by atoms with Gasteiger partial charge < -0.3 is 5.32 Å². The Balaban J connectivity index is 1.94. The quantitative estimate of drug-likeness (QED) is 0.769. The Morgan fingerprint density at radius 3 is 3.06 bits per heavy atom. The third kappa shape index (κ3) is 2.03. The minimum atomic E-state index is -0.0586. The molecule has 1 aromatic carbocycles. The SMILES string of the molecule is O=C1Nc2ccccc2S/C1=C/C1=NCC=C1. The molecule has 0 aromatic heterocycles. The number of aliphatic imine (C=N–C) groups is 1.